The molecule has 0 saturated heterocycles. The van der Waals surface area contributed by atoms with Crippen molar-refractivity contribution < 1.29 is 9.32 Å². The molecule has 0 fully saturated rings. The summed E-state index contributed by atoms with van der Waals surface area (Å²) in [5.74, 6) is 0. The Morgan fingerprint density at radius 3 is 1.85 bits per heavy atom. The number of aromatic nitrogens is 1. The van der Waals surface area contributed by atoms with Crippen LogP contribution in [0.5, 0.6) is 0 Å². The molecule has 0 atom stereocenters. The second-order valence-electron chi connectivity index (χ2n) is 2.20. The minimum atomic E-state index is 0.333. The van der Waals surface area contributed by atoms with Crippen LogP contribution in [0.2, 0.25) is 0 Å². The van der Waals surface area contributed by atoms with Crippen molar-refractivity contribution in [2.24, 2.45) is 0 Å². The molecule has 13 heavy (non-hydrogen) atoms. The zero-order valence-corrected chi connectivity index (χ0v) is 6.96. The first-order valence-corrected chi connectivity index (χ1v) is 3.79. The van der Waals surface area contributed by atoms with Crippen LogP contribution >= 0.6 is 0 Å². The van der Waals surface area contributed by atoms with E-state index in [1.807, 2.05) is 36.4 Å². The van der Waals surface area contributed by atoms with Gasteiger partial charge in [0.2, 0.25) is 0 Å². The fourth-order valence-electron chi connectivity index (χ4n) is 0.668. The van der Waals surface area contributed by atoms with Crippen molar-refractivity contribution in [1.29, 1.82) is 0 Å². The van der Waals surface area contributed by atoms with E-state index in [4.69, 9.17) is 0 Å². The van der Waals surface area contributed by atoms with Gasteiger partial charge in [-0.05, 0) is 0 Å². The van der Waals surface area contributed by atoms with Crippen LogP contribution in [0, 0.1) is 0 Å². The predicted molar refractivity (Wildman–Crippen MR) is 48.3 cm³/mol. The summed E-state index contributed by atoms with van der Waals surface area (Å²) in [6.45, 7) is 0. The van der Waals surface area contributed by atoms with Gasteiger partial charge in [-0.15, -0.1) is 0 Å². The molecular formula is C10H9NO2. The number of carbonyl (C=O) groups is 1. The molecule has 1 aromatic carbocycles. The van der Waals surface area contributed by atoms with Gasteiger partial charge < -0.3 is 4.52 Å². The minimum absolute atomic E-state index is 0.333. The summed E-state index contributed by atoms with van der Waals surface area (Å²) >= 11 is 0. The molecule has 0 unspecified atom stereocenters. The average Bonchev–Trinajstić information content (AvgIpc) is 2.74. The molecule has 0 aliphatic heterocycles. The molecule has 66 valence electrons. The first-order chi connectivity index (χ1) is 6.43. The van der Waals surface area contributed by atoms with Crippen molar-refractivity contribution >= 4 is 6.29 Å². The molecular weight excluding hydrogens is 166 g/mol. The normalized spacial score (nSPS) is 8.31. The summed E-state index contributed by atoms with van der Waals surface area (Å²) in [6.07, 6.45) is 1.98. The second kappa shape index (κ2) is 5.71. The summed E-state index contributed by atoms with van der Waals surface area (Å²) in [6, 6.07) is 13.5. The van der Waals surface area contributed by atoms with Crippen LogP contribution in [-0.2, 0) is 0 Å². The average molecular weight is 175 g/mol. The molecule has 0 aliphatic rings. The Bertz CT molecular complexity index is 289. The highest BCUT2D eigenvalue weighted by Crippen LogP contribution is 1.85. The smallest absolute Gasteiger partial charge is 0.171 e. The fraction of sp³-hybridized carbons (Fsp3) is 0. The fourth-order valence-corrected chi connectivity index (χ4v) is 0.668. The van der Waals surface area contributed by atoms with Gasteiger partial charge in [0.25, 0.3) is 0 Å². The van der Waals surface area contributed by atoms with Gasteiger partial charge >= 0.3 is 0 Å². The molecule has 2 rings (SSSR count). The molecule has 2 aromatic rings. The summed E-state index contributed by atoms with van der Waals surface area (Å²) in [7, 11) is 0. The van der Waals surface area contributed by atoms with Gasteiger partial charge in [0.15, 0.2) is 6.29 Å². The largest absolute Gasteiger partial charge is 0.364 e. The zero-order valence-electron chi connectivity index (χ0n) is 6.96. The Hall–Kier alpha value is -1.90. The molecule has 1 heterocycles. The summed E-state index contributed by atoms with van der Waals surface area (Å²) in [4.78, 5) is 9.75. The minimum Gasteiger partial charge on any atom is -0.364 e. The third-order valence-corrected chi connectivity index (χ3v) is 1.25. The molecule has 0 bridgehead atoms. The van der Waals surface area contributed by atoms with Crippen molar-refractivity contribution in [3.05, 3.63) is 54.4 Å². The van der Waals surface area contributed by atoms with E-state index in [-0.39, 0.29) is 0 Å². The molecule has 0 saturated carbocycles. The third kappa shape index (κ3) is 3.86. The van der Waals surface area contributed by atoms with Gasteiger partial charge in [0.05, 0.1) is 0 Å². The summed E-state index contributed by atoms with van der Waals surface area (Å²) < 4.78 is 4.32. The van der Waals surface area contributed by atoms with E-state index in [9.17, 15) is 4.79 Å². The lowest BCUT2D eigenvalue weighted by Crippen LogP contribution is -1.72. The number of rotatable bonds is 1. The topological polar surface area (TPSA) is 43.1 Å². The first-order valence-electron chi connectivity index (χ1n) is 3.79. The molecule has 0 N–H and O–H groups in total. The van der Waals surface area contributed by atoms with Gasteiger partial charge in [0.1, 0.15) is 12.0 Å². The van der Waals surface area contributed by atoms with E-state index in [1.54, 1.807) is 0 Å². The SMILES string of the molecule is O=Cc1ccon1.c1ccccc1. The summed E-state index contributed by atoms with van der Waals surface area (Å²) in [5, 5.41) is 3.29. The maximum Gasteiger partial charge on any atom is 0.171 e. The Kier molecular flexibility index (Phi) is 4.04. The van der Waals surface area contributed by atoms with Crippen LogP contribution in [0.25, 0.3) is 0 Å². The molecule has 0 radical (unpaired) electrons. The van der Waals surface area contributed by atoms with Gasteiger partial charge in [-0.25, -0.2) is 0 Å². The molecule has 3 nitrogen and oxygen atoms in total. The van der Waals surface area contributed by atoms with Crippen LogP contribution in [0.3, 0.4) is 0 Å². The van der Waals surface area contributed by atoms with Crippen molar-refractivity contribution in [2.75, 3.05) is 0 Å². The van der Waals surface area contributed by atoms with E-state index < -0.39 is 0 Å². The Labute approximate surface area is 76.0 Å². The Balaban J connectivity index is 0.000000132. The van der Waals surface area contributed by atoms with Crippen molar-refractivity contribution in [3.63, 3.8) is 0 Å². The lowest BCUT2D eigenvalue weighted by Gasteiger charge is -1.69. The molecule has 0 amide bonds. The number of hydrogen-bond acceptors (Lipinski definition) is 3. The maximum atomic E-state index is 9.75. The molecule has 1 aromatic heterocycles. The highest BCUT2D eigenvalue weighted by atomic mass is 16.5. The van der Waals surface area contributed by atoms with Gasteiger partial charge in [-0.1, -0.05) is 41.6 Å². The number of aldehydes is 1. The van der Waals surface area contributed by atoms with Gasteiger partial charge in [-0.2, -0.15) is 0 Å². The summed E-state index contributed by atoms with van der Waals surface area (Å²) in [5.41, 5.74) is 0.333. The monoisotopic (exact) mass is 175 g/mol. The van der Waals surface area contributed by atoms with Crippen LogP contribution < -0.4 is 0 Å². The lowest BCUT2D eigenvalue weighted by atomic mass is 10.4. The van der Waals surface area contributed by atoms with Crippen molar-refractivity contribution in [2.45, 2.75) is 0 Å². The van der Waals surface area contributed by atoms with Crippen LogP contribution in [0.4, 0.5) is 0 Å². The maximum absolute atomic E-state index is 9.75. The molecule has 3 heteroatoms. The molecule has 0 spiro atoms. The van der Waals surface area contributed by atoms with E-state index in [2.05, 4.69) is 9.68 Å². The lowest BCUT2D eigenvalue weighted by molar-refractivity contribution is 0.111. The van der Waals surface area contributed by atoms with Gasteiger partial charge in [-0.3, -0.25) is 4.79 Å². The predicted octanol–water partition coefficient (Wildman–Crippen LogP) is 2.17. The Morgan fingerprint density at radius 1 is 1.08 bits per heavy atom. The third-order valence-electron chi connectivity index (χ3n) is 1.25. The van der Waals surface area contributed by atoms with Crippen LogP contribution in [0.1, 0.15) is 10.5 Å². The van der Waals surface area contributed by atoms with E-state index in [1.165, 1.54) is 12.3 Å². The van der Waals surface area contributed by atoms with Crippen LogP contribution in [-0.4, -0.2) is 11.4 Å². The zero-order chi connectivity index (χ0) is 9.36. The Morgan fingerprint density at radius 2 is 1.62 bits per heavy atom. The number of benzene rings is 1. The van der Waals surface area contributed by atoms with Crippen LogP contribution in [0.15, 0.2) is 53.3 Å². The quantitative estimate of drug-likeness (QED) is 0.624. The standard InChI is InChI=1S/C6H6.C4H3NO2/c1-2-4-6-5-3-1;6-3-4-1-2-7-5-4/h1-6H;1-3H. The second-order valence-corrected chi connectivity index (χ2v) is 2.20. The van der Waals surface area contributed by atoms with E-state index in [0.29, 0.717) is 12.0 Å². The highest BCUT2D eigenvalue weighted by Gasteiger charge is 1.86. The number of carbonyl (C=O) groups excluding carboxylic acids is 1. The van der Waals surface area contributed by atoms with E-state index in [0.717, 1.165) is 0 Å². The number of hydrogen-bond donors (Lipinski definition) is 0. The number of nitrogens with zero attached hydrogens (tertiary/aromatic N) is 1. The van der Waals surface area contributed by atoms with E-state index >= 15 is 0 Å². The first kappa shape index (κ1) is 9.19. The van der Waals surface area contributed by atoms with Crippen molar-refractivity contribution in [1.82, 2.24) is 5.16 Å². The van der Waals surface area contributed by atoms with Gasteiger partial charge in [0, 0.05) is 6.07 Å². The van der Waals surface area contributed by atoms with Crippen molar-refractivity contribution in [3.8, 4) is 0 Å². The molecule has 0 aliphatic carbocycles. The highest BCUT2D eigenvalue weighted by molar-refractivity contribution is 5.70.